The monoisotopic (exact) mass is 331 g/mol. The van der Waals surface area contributed by atoms with Gasteiger partial charge in [0.25, 0.3) is 11.6 Å². The zero-order chi connectivity index (χ0) is 17.1. The Morgan fingerprint density at radius 2 is 1.79 bits per heavy atom. The van der Waals surface area contributed by atoms with Gasteiger partial charge in [-0.2, -0.15) is 0 Å². The van der Waals surface area contributed by atoms with E-state index in [4.69, 9.17) is 0 Å². The minimum atomic E-state index is -0.361. The maximum Gasteiger partial charge on any atom is 0.293 e. The van der Waals surface area contributed by atoms with E-state index < -0.39 is 0 Å². The quantitative estimate of drug-likeness (QED) is 0.628. The number of anilines is 1. The van der Waals surface area contributed by atoms with Gasteiger partial charge in [-0.25, -0.2) is 0 Å². The minimum absolute atomic E-state index is 0.0485. The number of amides is 1. The largest absolute Gasteiger partial charge is 0.366 e. The summed E-state index contributed by atoms with van der Waals surface area (Å²) in [5.41, 5.74) is 1.12. The van der Waals surface area contributed by atoms with E-state index in [1.807, 2.05) is 4.90 Å². The van der Waals surface area contributed by atoms with Crippen LogP contribution in [-0.4, -0.2) is 41.9 Å². The molecule has 0 aromatic heterocycles. The normalized spacial score (nSPS) is 19.4. The zero-order valence-electron chi connectivity index (χ0n) is 14.2. The second-order valence-corrected chi connectivity index (χ2v) is 6.98. The number of nitrogens with zero attached hydrogens (tertiary/aromatic N) is 3. The van der Waals surface area contributed by atoms with Crippen LogP contribution in [0.15, 0.2) is 18.2 Å². The molecule has 2 fully saturated rings. The minimum Gasteiger partial charge on any atom is -0.366 e. The molecule has 1 aromatic carbocycles. The molecule has 0 saturated carbocycles. The lowest BCUT2D eigenvalue weighted by molar-refractivity contribution is -0.384. The van der Waals surface area contributed by atoms with Crippen LogP contribution in [0, 0.1) is 16.0 Å². The molecule has 6 heteroatoms. The number of carbonyl (C=O) groups is 1. The summed E-state index contributed by atoms with van der Waals surface area (Å²) in [5.74, 6) is 0.580. The third-order valence-corrected chi connectivity index (χ3v) is 5.19. The van der Waals surface area contributed by atoms with Gasteiger partial charge in [-0.3, -0.25) is 14.9 Å². The number of hydrogen-bond acceptors (Lipinski definition) is 4. The fourth-order valence-corrected chi connectivity index (χ4v) is 3.60. The molecular formula is C18H25N3O3. The fourth-order valence-electron chi connectivity index (χ4n) is 3.60. The Balaban J connectivity index is 1.84. The lowest BCUT2D eigenvalue weighted by Crippen LogP contribution is -2.36. The second-order valence-electron chi connectivity index (χ2n) is 6.98. The van der Waals surface area contributed by atoms with Crippen molar-refractivity contribution in [2.24, 2.45) is 5.92 Å². The molecular weight excluding hydrogens is 306 g/mol. The Kier molecular flexibility index (Phi) is 5.02. The van der Waals surface area contributed by atoms with Gasteiger partial charge < -0.3 is 9.80 Å². The zero-order valence-corrected chi connectivity index (χ0v) is 14.2. The standard InChI is InChI=1S/C18H25N3O3/c1-14-7-11-19(12-8-14)16-6-5-15(13-17(16)21(23)24)18(22)20-9-3-2-4-10-20/h5-6,13-14H,2-4,7-12H2,1H3. The van der Waals surface area contributed by atoms with E-state index >= 15 is 0 Å². The van der Waals surface area contributed by atoms with Crippen molar-refractivity contribution in [3.05, 3.63) is 33.9 Å². The number of hydrogen-bond donors (Lipinski definition) is 0. The molecule has 0 radical (unpaired) electrons. The molecule has 0 unspecified atom stereocenters. The molecule has 2 aliphatic heterocycles. The summed E-state index contributed by atoms with van der Waals surface area (Å²) in [4.78, 5) is 27.7. The van der Waals surface area contributed by atoms with Gasteiger partial charge in [0.15, 0.2) is 0 Å². The number of benzene rings is 1. The van der Waals surface area contributed by atoms with Crippen LogP contribution in [0.1, 0.15) is 49.4 Å². The average molecular weight is 331 g/mol. The number of carbonyl (C=O) groups excluding carboxylic acids is 1. The number of nitro benzene ring substituents is 1. The van der Waals surface area contributed by atoms with Gasteiger partial charge in [0, 0.05) is 37.8 Å². The molecule has 130 valence electrons. The topological polar surface area (TPSA) is 66.7 Å². The Hall–Kier alpha value is -2.11. The third-order valence-electron chi connectivity index (χ3n) is 5.19. The Morgan fingerprint density at radius 3 is 2.42 bits per heavy atom. The van der Waals surface area contributed by atoms with Gasteiger partial charge in [0.2, 0.25) is 0 Å². The maximum atomic E-state index is 12.6. The first-order valence-corrected chi connectivity index (χ1v) is 8.89. The first-order valence-electron chi connectivity index (χ1n) is 8.89. The van der Waals surface area contributed by atoms with Crippen molar-refractivity contribution in [3.8, 4) is 0 Å². The summed E-state index contributed by atoms with van der Waals surface area (Å²) in [6.45, 7) is 5.38. The van der Waals surface area contributed by atoms with E-state index in [1.54, 1.807) is 12.1 Å². The van der Waals surface area contributed by atoms with Crippen LogP contribution in [0.4, 0.5) is 11.4 Å². The van der Waals surface area contributed by atoms with Crippen LogP contribution in [0.3, 0.4) is 0 Å². The van der Waals surface area contributed by atoms with E-state index in [1.165, 1.54) is 6.07 Å². The highest BCUT2D eigenvalue weighted by molar-refractivity contribution is 5.95. The molecule has 6 nitrogen and oxygen atoms in total. The van der Waals surface area contributed by atoms with Gasteiger partial charge in [-0.05, 0) is 50.2 Å². The van der Waals surface area contributed by atoms with Crippen LogP contribution in [0.5, 0.6) is 0 Å². The fraction of sp³-hybridized carbons (Fsp3) is 0.611. The Labute approximate surface area is 142 Å². The highest BCUT2D eigenvalue weighted by Gasteiger charge is 2.26. The van der Waals surface area contributed by atoms with Gasteiger partial charge in [0.05, 0.1) is 4.92 Å². The first kappa shape index (κ1) is 16.7. The van der Waals surface area contributed by atoms with Crippen molar-refractivity contribution in [1.29, 1.82) is 0 Å². The van der Waals surface area contributed by atoms with Crippen LogP contribution in [0.25, 0.3) is 0 Å². The van der Waals surface area contributed by atoms with Crippen molar-refractivity contribution in [2.75, 3.05) is 31.1 Å². The van der Waals surface area contributed by atoms with Crippen LogP contribution < -0.4 is 4.90 Å². The second kappa shape index (κ2) is 7.20. The molecule has 1 amide bonds. The molecule has 24 heavy (non-hydrogen) atoms. The summed E-state index contributed by atoms with van der Waals surface area (Å²) >= 11 is 0. The molecule has 0 bridgehead atoms. The average Bonchev–Trinajstić information content (AvgIpc) is 2.62. The summed E-state index contributed by atoms with van der Waals surface area (Å²) in [5, 5.41) is 11.5. The molecule has 0 atom stereocenters. The molecule has 0 N–H and O–H groups in total. The summed E-state index contributed by atoms with van der Waals surface area (Å²) in [7, 11) is 0. The molecule has 0 aliphatic carbocycles. The lowest BCUT2D eigenvalue weighted by Gasteiger charge is -2.32. The van der Waals surface area contributed by atoms with Crippen molar-refractivity contribution in [2.45, 2.75) is 39.0 Å². The van der Waals surface area contributed by atoms with E-state index in [2.05, 4.69) is 11.8 Å². The van der Waals surface area contributed by atoms with Crippen molar-refractivity contribution in [3.63, 3.8) is 0 Å². The predicted octanol–water partition coefficient (Wildman–Crippen LogP) is 3.46. The summed E-state index contributed by atoms with van der Waals surface area (Å²) in [6.07, 6.45) is 5.27. The molecule has 2 saturated heterocycles. The molecule has 3 rings (SSSR count). The summed E-state index contributed by atoms with van der Waals surface area (Å²) in [6, 6.07) is 4.97. The van der Waals surface area contributed by atoms with Crippen LogP contribution in [0.2, 0.25) is 0 Å². The SMILES string of the molecule is CC1CCN(c2ccc(C(=O)N3CCCCC3)cc2[N+](=O)[O-])CC1. The number of rotatable bonds is 3. The van der Waals surface area contributed by atoms with Crippen molar-refractivity contribution < 1.29 is 9.72 Å². The van der Waals surface area contributed by atoms with Gasteiger partial charge >= 0.3 is 0 Å². The first-order chi connectivity index (χ1) is 11.6. The maximum absolute atomic E-state index is 12.6. The highest BCUT2D eigenvalue weighted by atomic mass is 16.6. The van der Waals surface area contributed by atoms with E-state index in [-0.39, 0.29) is 16.5 Å². The van der Waals surface area contributed by atoms with E-state index in [0.29, 0.717) is 17.2 Å². The predicted molar refractivity (Wildman–Crippen MR) is 93.5 cm³/mol. The highest BCUT2D eigenvalue weighted by Crippen LogP contribution is 2.32. The number of likely N-dealkylation sites (tertiary alicyclic amines) is 1. The molecule has 2 aliphatic rings. The Morgan fingerprint density at radius 1 is 1.12 bits per heavy atom. The lowest BCUT2D eigenvalue weighted by atomic mass is 9.98. The van der Waals surface area contributed by atoms with Gasteiger partial charge in [-0.15, -0.1) is 0 Å². The van der Waals surface area contributed by atoms with Crippen LogP contribution in [-0.2, 0) is 0 Å². The number of piperidine rings is 2. The molecule has 1 aromatic rings. The van der Waals surface area contributed by atoms with Gasteiger partial charge in [-0.1, -0.05) is 6.92 Å². The molecule has 2 heterocycles. The van der Waals surface area contributed by atoms with E-state index in [0.717, 1.165) is 58.3 Å². The third kappa shape index (κ3) is 3.52. The smallest absolute Gasteiger partial charge is 0.293 e. The van der Waals surface area contributed by atoms with Gasteiger partial charge in [0.1, 0.15) is 5.69 Å². The molecule has 0 spiro atoms. The van der Waals surface area contributed by atoms with Crippen molar-refractivity contribution in [1.82, 2.24) is 4.90 Å². The van der Waals surface area contributed by atoms with Crippen molar-refractivity contribution >= 4 is 17.3 Å². The number of nitro groups is 1. The Bertz CT molecular complexity index is 618. The summed E-state index contributed by atoms with van der Waals surface area (Å²) < 4.78 is 0. The van der Waals surface area contributed by atoms with E-state index in [9.17, 15) is 14.9 Å². The van der Waals surface area contributed by atoms with Crippen LogP contribution >= 0.6 is 0 Å².